The van der Waals surface area contributed by atoms with Crippen LogP contribution in [-0.2, 0) is 17.8 Å². The van der Waals surface area contributed by atoms with E-state index in [9.17, 15) is 0 Å². The highest BCUT2D eigenvalue weighted by molar-refractivity contribution is 5.03. The second-order valence-electron chi connectivity index (χ2n) is 4.48. The largest absolute Gasteiger partial charge is 0.394 e. The zero-order valence-corrected chi connectivity index (χ0v) is 10.7. The molecule has 0 aromatic carbocycles. The average molecular weight is 241 g/mol. The Morgan fingerprint density at radius 2 is 2.35 bits per heavy atom. The molecule has 0 unspecified atom stereocenters. The first kappa shape index (κ1) is 14.2. The van der Waals surface area contributed by atoms with Crippen molar-refractivity contribution in [2.45, 2.75) is 26.9 Å². The Morgan fingerprint density at radius 1 is 1.53 bits per heavy atom. The quantitative estimate of drug-likeness (QED) is 0.623. The molecule has 1 rings (SSSR count). The van der Waals surface area contributed by atoms with Crippen LogP contribution in [0.3, 0.4) is 0 Å². The molecule has 0 saturated carbocycles. The summed E-state index contributed by atoms with van der Waals surface area (Å²) in [7, 11) is 0. The van der Waals surface area contributed by atoms with Gasteiger partial charge in [-0.3, -0.25) is 4.68 Å². The van der Waals surface area contributed by atoms with Crippen molar-refractivity contribution in [3.8, 4) is 0 Å². The van der Waals surface area contributed by atoms with Crippen molar-refractivity contribution >= 4 is 0 Å². The molecule has 0 amide bonds. The molecule has 5 heteroatoms. The number of nitrogens with zero attached hydrogens (tertiary/aromatic N) is 2. The molecule has 2 N–H and O–H groups in total. The van der Waals surface area contributed by atoms with E-state index >= 15 is 0 Å². The number of rotatable bonds is 9. The fourth-order valence-electron chi connectivity index (χ4n) is 1.42. The van der Waals surface area contributed by atoms with Gasteiger partial charge in [0.15, 0.2) is 0 Å². The smallest absolute Gasteiger partial charge is 0.0640 e. The average Bonchev–Trinajstić information content (AvgIpc) is 2.71. The number of ether oxygens (including phenoxy) is 1. The summed E-state index contributed by atoms with van der Waals surface area (Å²) < 4.78 is 7.20. The Bertz CT molecular complexity index is 300. The van der Waals surface area contributed by atoms with Gasteiger partial charge in [0.05, 0.1) is 26.0 Å². The standard InChI is InChI=1S/C12H23N3O2/c1-11(2)10-17-6-3-13-7-12-8-14-15(9-12)4-5-16/h8-9,11,13,16H,3-7,10H2,1-2H3. The SMILES string of the molecule is CC(C)COCCNCc1cnn(CCO)c1. The first-order chi connectivity index (χ1) is 8.22. The van der Waals surface area contributed by atoms with Crippen LogP contribution < -0.4 is 5.32 Å². The summed E-state index contributed by atoms with van der Waals surface area (Å²) in [6.45, 7) is 8.15. The monoisotopic (exact) mass is 241 g/mol. The van der Waals surface area contributed by atoms with Crippen LogP contribution >= 0.6 is 0 Å². The minimum Gasteiger partial charge on any atom is -0.394 e. The molecule has 17 heavy (non-hydrogen) atoms. The number of aromatic nitrogens is 2. The molecule has 0 atom stereocenters. The summed E-state index contributed by atoms with van der Waals surface area (Å²) >= 11 is 0. The van der Waals surface area contributed by atoms with Crippen LogP contribution in [0.25, 0.3) is 0 Å². The molecule has 0 bridgehead atoms. The summed E-state index contributed by atoms with van der Waals surface area (Å²) in [6.07, 6.45) is 3.76. The summed E-state index contributed by atoms with van der Waals surface area (Å²) in [5, 5.41) is 16.2. The Labute approximate surface area is 103 Å². The van der Waals surface area contributed by atoms with Gasteiger partial charge in [0, 0.05) is 31.5 Å². The van der Waals surface area contributed by atoms with Gasteiger partial charge in [-0.2, -0.15) is 5.10 Å². The van der Waals surface area contributed by atoms with Crippen molar-refractivity contribution in [3.05, 3.63) is 18.0 Å². The molecule has 1 heterocycles. The van der Waals surface area contributed by atoms with Gasteiger partial charge in [-0.05, 0) is 5.92 Å². The minimum absolute atomic E-state index is 0.123. The summed E-state index contributed by atoms with van der Waals surface area (Å²) in [6, 6.07) is 0. The van der Waals surface area contributed by atoms with E-state index in [0.717, 1.165) is 31.9 Å². The van der Waals surface area contributed by atoms with Crippen LogP contribution in [0.5, 0.6) is 0 Å². The van der Waals surface area contributed by atoms with E-state index in [-0.39, 0.29) is 6.61 Å². The van der Waals surface area contributed by atoms with E-state index in [1.165, 1.54) is 0 Å². The Morgan fingerprint density at radius 3 is 3.06 bits per heavy atom. The molecule has 0 aliphatic heterocycles. The van der Waals surface area contributed by atoms with Gasteiger partial charge in [0.2, 0.25) is 0 Å². The lowest BCUT2D eigenvalue weighted by Gasteiger charge is -2.07. The first-order valence-corrected chi connectivity index (χ1v) is 6.13. The van der Waals surface area contributed by atoms with E-state index in [1.807, 2.05) is 12.4 Å². The Hall–Kier alpha value is -0.910. The van der Waals surface area contributed by atoms with E-state index in [1.54, 1.807) is 4.68 Å². The van der Waals surface area contributed by atoms with Gasteiger partial charge >= 0.3 is 0 Å². The molecule has 0 fully saturated rings. The van der Waals surface area contributed by atoms with Gasteiger partial charge in [0.1, 0.15) is 0 Å². The molecule has 0 aliphatic rings. The second-order valence-corrected chi connectivity index (χ2v) is 4.48. The molecule has 0 aliphatic carbocycles. The molecule has 1 aromatic heterocycles. The summed E-state index contributed by atoms with van der Waals surface area (Å²) in [4.78, 5) is 0. The fraction of sp³-hybridized carbons (Fsp3) is 0.750. The Balaban J connectivity index is 2.05. The molecule has 0 radical (unpaired) electrons. The molecule has 0 spiro atoms. The topological polar surface area (TPSA) is 59.3 Å². The molecule has 5 nitrogen and oxygen atoms in total. The van der Waals surface area contributed by atoms with Gasteiger partial charge in [0.25, 0.3) is 0 Å². The van der Waals surface area contributed by atoms with Crippen molar-refractivity contribution in [2.24, 2.45) is 5.92 Å². The van der Waals surface area contributed by atoms with Crippen molar-refractivity contribution < 1.29 is 9.84 Å². The third kappa shape index (κ3) is 6.41. The molecular formula is C12H23N3O2. The number of aliphatic hydroxyl groups excluding tert-OH is 1. The number of nitrogens with one attached hydrogen (secondary N) is 1. The van der Waals surface area contributed by atoms with Crippen LogP contribution in [0.15, 0.2) is 12.4 Å². The normalized spacial score (nSPS) is 11.3. The van der Waals surface area contributed by atoms with E-state index in [0.29, 0.717) is 12.5 Å². The predicted octanol–water partition coefficient (Wildman–Crippen LogP) is 0.638. The molecule has 98 valence electrons. The minimum atomic E-state index is 0.123. The van der Waals surface area contributed by atoms with Gasteiger partial charge in [-0.15, -0.1) is 0 Å². The van der Waals surface area contributed by atoms with Crippen LogP contribution in [-0.4, -0.2) is 41.3 Å². The maximum atomic E-state index is 8.75. The predicted molar refractivity (Wildman–Crippen MR) is 66.7 cm³/mol. The summed E-state index contributed by atoms with van der Waals surface area (Å²) in [5.41, 5.74) is 1.13. The van der Waals surface area contributed by atoms with Crippen LogP contribution in [0, 0.1) is 5.92 Å². The number of hydrogen-bond donors (Lipinski definition) is 2. The maximum Gasteiger partial charge on any atom is 0.0640 e. The lowest BCUT2D eigenvalue weighted by molar-refractivity contribution is 0.111. The zero-order valence-electron chi connectivity index (χ0n) is 10.7. The van der Waals surface area contributed by atoms with Gasteiger partial charge in [-0.25, -0.2) is 0 Å². The van der Waals surface area contributed by atoms with Crippen LogP contribution in [0.1, 0.15) is 19.4 Å². The van der Waals surface area contributed by atoms with E-state index in [2.05, 4.69) is 24.3 Å². The van der Waals surface area contributed by atoms with E-state index < -0.39 is 0 Å². The maximum absolute atomic E-state index is 8.75. The number of hydrogen-bond acceptors (Lipinski definition) is 4. The van der Waals surface area contributed by atoms with Gasteiger partial charge in [-0.1, -0.05) is 13.8 Å². The van der Waals surface area contributed by atoms with E-state index in [4.69, 9.17) is 9.84 Å². The molecule has 1 aromatic rings. The second kappa shape index (κ2) is 8.22. The highest BCUT2D eigenvalue weighted by Crippen LogP contribution is 1.96. The molecule has 0 saturated heterocycles. The highest BCUT2D eigenvalue weighted by atomic mass is 16.5. The van der Waals surface area contributed by atoms with Crippen molar-refractivity contribution in [1.82, 2.24) is 15.1 Å². The van der Waals surface area contributed by atoms with Crippen LogP contribution in [0.2, 0.25) is 0 Å². The fourth-order valence-corrected chi connectivity index (χ4v) is 1.42. The van der Waals surface area contributed by atoms with Crippen LogP contribution in [0.4, 0.5) is 0 Å². The van der Waals surface area contributed by atoms with Crippen molar-refractivity contribution in [1.29, 1.82) is 0 Å². The van der Waals surface area contributed by atoms with Crippen molar-refractivity contribution in [2.75, 3.05) is 26.4 Å². The zero-order chi connectivity index (χ0) is 12.5. The molecular weight excluding hydrogens is 218 g/mol. The third-order valence-corrected chi connectivity index (χ3v) is 2.22. The Kier molecular flexibility index (Phi) is 6.84. The van der Waals surface area contributed by atoms with Crippen molar-refractivity contribution in [3.63, 3.8) is 0 Å². The third-order valence-electron chi connectivity index (χ3n) is 2.22. The lowest BCUT2D eigenvalue weighted by Crippen LogP contribution is -2.20. The first-order valence-electron chi connectivity index (χ1n) is 6.13. The number of aliphatic hydroxyl groups is 1. The lowest BCUT2D eigenvalue weighted by atomic mass is 10.2. The summed E-state index contributed by atoms with van der Waals surface area (Å²) in [5.74, 6) is 0.590. The highest BCUT2D eigenvalue weighted by Gasteiger charge is 1.98. The van der Waals surface area contributed by atoms with Gasteiger partial charge < -0.3 is 15.2 Å².